The fourth-order valence-electron chi connectivity index (χ4n) is 3.84. The number of hydrogen-bond donors (Lipinski definition) is 2. The second-order valence-electron chi connectivity index (χ2n) is 5.51. The van der Waals surface area contributed by atoms with Crippen LogP contribution in [-0.2, 0) is 0 Å². The molecule has 3 rings (SSSR count). The number of aliphatic hydroxyl groups is 1. The zero-order chi connectivity index (χ0) is 11.1. The van der Waals surface area contributed by atoms with Crippen molar-refractivity contribution in [3.63, 3.8) is 0 Å². The van der Waals surface area contributed by atoms with Gasteiger partial charge in [0.25, 0.3) is 0 Å². The predicted octanol–water partition coefficient (Wildman–Crippen LogP) is 1.07. The minimum atomic E-state index is -0.121. The summed E-state index contributed by atoms with van der Waals surface area (Å²) in [6.07, 6.45) is 5.32. The van der Waals surface area contributed by atoms with Crippen molar-refractivity contribution in [2.45, 2.75) is 44.2 Å². The molecule has 1 aliphatic heterocycles. The van der Waals surface area contributed by atoms with E-state index >= 15 is 0 Å². The molecule has 3 fully saturated rings. The first-order valence-corrected chi connectivity index (χ1v) is 6.43. The molecule has 3 atom stereocenters. The highest BCUT2D eigenvalue weighted by molar-refractivity contribution is 5.94. The molecule has 16 heavy (non-hydrogen) atoms. The van der Waals surface area contributed by atoms with E-state index in [2.05, 4.69) is 10.1 Å². The van der Waals surface area contributed by atoms with Crippen molar-refractivity contribution in [3.8, 4) is 0 Å². The van der Waals surface area contributed by atoms with Gasteiger partial charge in [-0.15, -0.1) is 0 Å². The quantitative estimate of drug-likeness (QED) is 0.517. The molecular formula is C12H20N2O2. The number of rotatable bonds is 1. The van der Waals surface area contributed by atoms with Crippen molar-refractivity contribution in [2.75, 3.05) is 13.1 Å². The van der Waals surface area contributed by atoms with Crippen LogP contribution >= 0.6 is 0 Å². The van der Waals surface area contributed by atoms with Crippen LogP contribution in [0.1, 0.15) is 32.1 Å². The van der Waals surface area contributed by atoms with E-state index < -0.39 is 0 Å². The number of fused-ring (bicyclic) bond motifs is 2. The lowest BCUT2D eigenvalue weighted by molar-refractivity contribution is 0.0633. The number of aliphatic hydroxyl groups excluding tert-OH is 1. The standard InChI is InChI=1S/C12H20N2O2/c15-10-3-5-14(6-4-10)12-9-2-1-8(7-9)11(12)13-16/h8-10,12,15-16H,1-7H2. The van der Waals surface area contributed by atoms with E-state index in [1.54, 1.807) is 0 Å². The SMILES string of the molecule is ON=C1C2CCC(C2)C1N1CCC(O)CC1. The molecule has 2 bridgehead atoms. The Hall–Kier alpha value is -0.610. The van der Waals surface area contributed by atoms with Crippen molar-refractivity contribution in [3.05, 3.63) is 0 Å². The predicted molar refractivity (Wildman–Crippen MR) is 60.7 cm³/mol. The molecule has 2 N–H and O–H groups in total. The third kappa shape index (κ3) is 1.55. The van der Waals surface area contributed by atoms with Crippen LogP contribution in [0.25, 0.3) is 0 Å². The Morgan fingerprint density at radius 1 is 1.12 bits per heavy atom. The molecule has 0 aromatic carbocycles. The normalized spacial score (nSPS) is 43.3. The molecule has 3 unspecified atom stereocenters. The van der Waals surface area contributed by atoms with Gasteiger partial charge in [-0.1, -0.05) is 5.16 Å². The average Bonchev–Trinajstić information content (AvgIpc) is 2.89. The first-order valence-electron chi connectivity index (χ1n) is 6.43. The smallest absolute Gasteiger partial charge is 0.0775 e. The molecule has 0 amide bonds. The Kier molecular flexibility index (Phi) is 2.64. The zero-order valence-electron chi connectivity index (χ0n) is 9.55. The van der Waals surface area contributed by atoms with Crippen molar-refractivity contribution in [2.24, 2.45) is 17.0 Å². The average molecular weight is 224 g/mol. The molecule has 90 valence electrons. The van der Waals surface area contributed by atoms with Gasteiger partial charge >= 0.3 is 0 Å². The Labute approximate surface area is 95.9 Å². The van der Waals surface area contributed by atoms with E-state index in [0.717, 1.165) is 31.6 Å². The summed E-state index contributed by atoms with van der Waals surface area (Å²) in [6, 6.07) is 0.372. The first-order chi connectivity index (χ1) is 7.79. The molecule has 4 heteroatoms. The molecule has 2 aliphatic carbocycles. The topological polar surface area (TPSA) is 56.1 Å². The number of nitrogens with zero attached hydrogens (tertiary/aromatic N) is 2. The van der Waals surface area contributed by atoms with Crippen LogP contribution in [0.3, 0.4) is 0 Å². The van der Waals surface area contributed by atoms with Crippen LogP contribution in [0.4, 0.5) is 0 Å². The van der Waals surface area contributed by atoms with E-state index in [1.165, 1.54) is 19.3 Å². The van der Waals surface area contributed by atoms with Crippen LogP contribution in [0.5, 0.6) is 0 Å². The Morgan fingerprint density at radius 3 is 2.56 bits per heavy atom. The lowest BCUT2D eigenvalue weighted by atomic mass is 9.90. The third-order valence-corrected chi connectivity index (χ3v) is 4.65. The molecule has 0 aromatic rings. The molecule has 3 aliphatic rings. The number of hydrogen-bond acceptors (Lipinski definition) is 4. The molecule has 1 saturated heterocycles. The third-order valence-electron chi connectivity index (χ3n) is 4.65. The van der Waals surface area contributed by atoms with Gasteiger partial charge in [-0.2, -0.15) is 0 Å². The van der Waals surface area contributed by atoms with Gasteiger partial charge in [-0.25, -0.2) is 0 Å². The summed E-state index contributed by atoms with van der Waals surface area (Å²) in [4.78, 5) is 2.42. The summed E-state index contributed by atoms with van der Waals surface area (Å²) in [5.41, 5.74) is 1.02. The Morgan fingerprint density at radius 2 is 1.88 bits per heavy atom. The van der Waals surface area contributed by atoms with Gasteiger partial charge in [0, 0.05) is 19.0 Å². The van der Waals surface area contributed by atoms with E-state index in [0.29, 0.717) is 17.9 Å². The van der Waals surface area contributed by atoms with Crippen molar-refractivity contribution < 1.29 is 10.3 Å². The largest absolute Gasteiger partial charge is 0.411 e. The number of likely N-dealkylation sites (tertiary alicyclic amines) is 1. The highest BCUT2D eigenvalue weighted by Gasteiger charge is 2.48. The van der Waals surface area contributed by atoms with Crippen LogP contribution in [-0.4, -0.2) is 46.2 Å². The van der Waals surface area contributed by atoms with Crippen LogP contribution in [0.2, 0.25) is 0 Å². The second-order valence-corrected chi connectivity index (χ2v) is 5.51. The minimum absolute atomic E-state index is 0.121. The summed E-state index contributed by atoms with van der Waals surface area (Å²) < 4.78 is 0. The monoisotopic (exact) mass is 224 g/mol. The maximum Gasteiger partial charge on any atom is 0.0775 e. The summed E-state index contributed by atoms with van der Waals surface area (Å²) >= 11 is 0. The summed E-state index contributed by atoms with van der Waals surface area (Å²) in [5.74, 6) is 1.23. The van der Waals surface area contributed by atoms with Crippen molar-refractivity contribution in [1.29, 1.82) is 0 Å². The Balaban J connectivity index is 1.74. The summed E-state index contributed by atoms with van der Waals surface area (Å²) in [5, 5.41) is 22.2. The van der Waals surface area contributed by atoms with Gasteiger partial charge in [0.2, 0.25) is 0 Å². The van der Waals surface area contributed by atoms with Gasteiger partial charge < -0.3 is 10.3 Å². The van der Waals surface area contributed by atoms with Crippen molar-refractivity contribution in [1.82, 2.24) is 4.90 Å². The van der Waals surface area contributed by atoms with Gasteiger partial charge in [0.15, 0.2) is 0 Å². The summed E-state index contributed by atoms with van der Waals surface area (Å²) in [6.45, 7) is 1.90. The first kappa shape index (κ1) is 10.5. The van der Waals surface area contributed by atoms with Gasteiger partial charge in [-0.05, 0) is 38.0 Å². The second kappa shape index (κ2) is 4.00. The Bertz CT molecular complexity index is 297. The van der Waals surface area contributed by atoms with E-state index in [-0.39, 0.29) is 6.10 Å². The van der Waals surface area contributed by atoms with Gasteiger partial charge in [0.1, 0.15) is 0 Å². The lowest BCUT2D eigenvalue weighted by Gasteiger charge is -2.38. The number of oxime groups is 1. The van der Waals surface area contributed by atoms with Crippen LogP contribution < -0.4 is 0 Å². The lowest BCUT2D eigenvalue weighted by Crippen LogP contribution is -2.49. The molecule has 0 radical (unpaired) electrons. The maximum atomic E-state index is 9.52. The van der Waals surface area contributed by atoms with E-state index in [9.17, 15) is 5.11 Å². The van der Waals surface area contributed by atoms with Crippen LogP contribution in [0.15, 0.2) is 5.16 Å². The molecule has 0 aromatic heterocycles. The molecule has 1 heterocycles. The van der Waals surface area contributed by atoms with Gasteiger partial charge in [-0.3, -0.25) is 4.90 Å². The molecule has 2 saturated carbocycles. The molecule has 4 nitrogen and oxygen atoms in total. The van der Waals surface area contributed by atoms with E-state index in [4.69, 9.17) is 5.21 Å². The summed E-state index contributed by atoms with van der Waals surface area (Å²) in [7, 11) is 0. The highest BCUT2D eigenvalue weighted by atomic mass is 16.4. The fraction of sp³-hybridized carbons (Fsp3) is 0.917. The zero-order valence-corrected chi connectivity index (χ0v) is 9.55. The van der Waals surface area contributed by atoms with Crippen LogP contribution in [0, 0.1) is 11.8 Å². The van der Waals surface area contributed by atoms with E-state index in [1.807, 2.05) is 0 Å². The number of piperidine rings is 1. The van der Waals surface area contributed by atoms with Gasteiger partial charge in [0.05, 0.1) is 17.9 Å². The molecule has 0 spiro atoms. The highest BCUT2D eigenvalue weighted by Crippen LogP contribution is 2.45. The fourth-order valence-corrected chi connectivity index (χ4v) is 3.84. The maximum absolute atomic E-state index is 9.52. The molecular weight excluding hydrogens is 204 g/mol. The minimum Gasteiger partial charge on any atom is -0.411 e. The van der Waals surface area contributed by atoms with Crippen molar-refractivity contribution >= 4 is 5.71 Å².